The van der Waals surface area contributed by atoms with E-state index in [1.165, 1.54) is 6.08 Å². The Balaban J connectivity index is 2.73. The molecule has 0 saturated carbocycles. The van der Waals surface area contributed by atoms with Gasteiger partial charge in [0, 0.05) is 12.5 Å². The fourth-order valence-electron chi connectivity index (χ4n) is 3.57. The molecular formula is C23H28O10. The highest BCUT2D eigenvalue weighted by Gasteiger charge is 2.52. The molecule has 0 amide bonds. The monoisotopic (exact) mass is 464 g/mol. The first-order chi connectivity index (χ1) is 15.3. The molecule has 0 radical (unpaired) electrons. The molecule has 2 aliphatic rings. The van der Waals surface area contributed by atoms with Gasteiger partial charge in [0.05, 0.1) is 18.6 Å². The van der Waals surface area contributed by atoms with E-state index in [2.05, 4.69) is 6.58 Å². The molecule has 1 aliphatic heterocycles. The van der Waals surface area contributed by atoms with Crippen molar-refractivity contribution in [3.8, 4) is 0 Å². The van der Waals surface area contributed by atoms with E-state index in [0.29, 0.717) is 12.8 Å². The number of Topliss-reactive ketones (excluding diaryl/α,β-unsaturated/α-hetero) is 1. The standard InChI is InChI=1S/C23H28O10/c1-11-8-7-9-15(21(27)30-6)18(31-14(4)25)19(33-22(28)23(5,29)13(3)24)17-12(2)20(26)32-16(17)10-11/h9-10,16-19,29H,2,7-8H2,1,3-6H3. The number of fused-ring (bicyclic) bond motifs is 1. The molecule has 10 nitrogen and oxygen atoms in total. The van der Waals surface area contributed by atoms with Crippen LogP contribution >= 0.6 is 0 Å². The van der Waals surface area contributed by atoms with Gasteiger partial charge in [0.2, 0.25) is 5.60 Å². The zero-order chi connectivity index (χ0) is 25.1. The van der Waals surface area contributed by atoms with Crippen LogP contribution in [0.25, 0.3) is 0 Å². The van der Waals surface area contributed by atoms with Crippen LogP contribution in [0.2, 0.25) is 0 Å². The molecule has 1 fully saturated rings. The first-order valence-electron chi connectivity index (χ1n) is 10.3. The summed E-state index contributed by atoms with van der Waals surface area (Å²) in [7, 11) is 1.13. The van der Waals surface area contributed by atoms with Crippen LogP contribution in [0.1, 0.15) is 40.5 Å². The maximum atomic E-state index is 12.8. The van der Waals surface area contributed by atoms with Crippen molar-refractivity contribution in [2.75, 3.05) is 7.11 Å². The van der Waals surface area contributed by atoms with Crippen molar-refractivity contribution in [2.24, 2.45) is 5.92 Å². The van der Waals surface area contributed by atoms with E-state index >= 15 is 0 Å². The Labute approximate surface area is 191 Å². The fourth-order valence-corrected chi connectivity index (χ4v) is 3.57. The molecule has 180 valence electrons. The highest BCUT2D eigenvalue weighted by molar-refractivity contribution is 6.05. The van der Waals surface area contributed by atoms with Crippen LogP contribution < -0.4 is 0 Å². The average Bonchev–Trinajstić information content (AvgIpc) is 2.99. The Kier molecular flexibility index (Phi) is 7.97. The number of rotatable bonds is 5. The van der Waals surface area contributed by atoms with Gasteiger partial charge in [0.1, 0.15) is 6.10 Å². The zero-order valence-corrected chi connectivity index (χ0v) is 19.2. The number of ether oxygens (including phenoxy) is 4. The normalized spacial score (nSPS) is 27.1. The predicted octanol–water partition coefficient (Wildman–Crippen LogP) is 1.11. The third-order valence-electron chi connectivity index (χ3n) is 5.61. The van der Waals surface area contributed by atoms with E-state index in [9.17, 15) is 29.1 Å². The van der Waals surface area contributed by atoms with Crippen molar-refractivity contribution < 1.29 is 48.0 Å². The van der Waals surface area contributed by atoms with Gasteiger partial charge >= 0.3 is 23.9 Å². The molecule has 0 aromatic rings. The number of aliphatic hydroxyl groups is 1. The number of methoxy groups -OCH3 is 1. The average molecular weight is 464 g/mol. The van der Waals surface area contributed by atoms with Crippen molar-refractivity contribution in [3.63, 3.8) is 0 Å². The highest BCUT2D eigenvalue weighted by atomic mass is 16.6. The van der Waals surface area contributed by atoms with E-state index < -0.39 is 59.5 Å². The van der Waals surface area contributed by atoms with E-state index in [1.807, 2.05) is 0 Å². The van der Waals surface area contributed by atoms with Crippen molar-refractivity contribution >= 4 is 29.7 Å². The third kappa shape index (κ3) is 5.57. The molecule has 1 aliphatic carbocycles. The van der Waals surface area contributed by atoms with Gasteiger partial charge in [-0.15, -0.1) is 0 Å². The van der Waals surface area contributed by atoms with Crippen molar-refractivity contribution in [1.29, 1.82) is 0 Å². The Morgan fingerprint density at radius 1 is 1.21 bits per heavy atom. The fraction of sp³-hybridized carbons (Fsp3) is 0.522. The molecule has 0 bridgehead atoms. The Morgan fingerprint density at radius 2 is 1.85 bits per heavy atom. The molecule has 33 heavy (non-hydrogen) atoms. The van der Waals surface area contributed by atoms with E-state index in [0.717, 1.165) is 33.5 Å². The Morgan fingerprint density at radius 3 is 2.39 bits per heavy atom. The predicted molar refractivity (Wildman–Crippen MR) is 112 cm³/mol. The molecule has 1 N–H and O–H groups in total. The molecule has 5 unspecified atom stereocenters. The van der Waals surface area contributed by atoms with Crippen molar-refractivity contribution in [1.82, 2.24) is 0 Å². The lowest BCUT2D eigenvalue weighted by molar-refractivity contribution is -0.185. The topological polar surface area (TPSA) is 143 Å². The number of esters is 4. The van der Waals surface area contributed by atoms with Crippen molar-refractivity contribution in [2.45, 2.75) is 64.4 Å². The van der Waals surface area contributed by atoms with Crippen LogP contribution in [0.15, 0.2) is 35.5 Å². The van der Waals surface area contributed by atoms with Crippen LogP contribution in [-0.2, 0) is 42.9 Å². The van der Waals surface area contributed by atoms with Gasteiger partial charge in [-0.3, -0.25) is 9.59 Å². The summed E-state index contributed by atoms with van der Waals surface area (Å²) in [5.74, 6) is -5.77. The van der Waals surface area contributed by atoms with Crippen LogP contribution in [-0.4, -0.2) is 65.8 Å². The Bertz CT molecular complexity index is 939. The summed E-state index contributed by atoms with van der Waals surface area (Å²) in [6, 6.07) is 0. The Hall–Kier alpha value is -3.27. The number of carbonyl (C=O) groups is 5. The third-order valence-corrected chi connectivity index (χ3v) is 5.61. The van der Waals surface area contributed by atoms with E-state index in [4.69, 9.17) is 18.9 Å². The lowest BCUT2D eigenvalue weighted by Crippen LogP contribution is -2.51. The molecule has 10 heteroatoms. The summed E-state index contributed by atoms with van der Waals surface area (Å²) in [4.78, 5) is 61.6. The summed E-state index contributed by atoms with van der Waals surface area (Å²) < 4.78 is 21.1. The second-order valence-electron chi connectivity index (χ2n) is 8.15. The smallest absolute Gasteiger partial charge is 0.346 e. The number of carbonyl (C=O) groups excluding carboxylic acids is 5. The summed E-state index contributed by atoms with van der Waals surface area (Å²) in [6.07, 6.45) is -0.0725. The molecule has 2 rings (SSSR count). The summed E-state index contributed by atoms with van der Waals surface area (Å²) >= 11 is 0. The van der Waals surface area contributed by atoms with E-state index in [-0.39, 0.29) is 11.1 Å². The number of allylic oxidation sites excluding steroid dienone is 2. The quantitative estimate of drug-likeness (QED) is 0.207. The highest BCUT2D eigenvalue weighted by Crippen LogP contribution is 2.38. The minimum Gasteiger partial charge on any atom is -0.466 e. The molecule has 5 atom stereocenters. The van der Waals surface area contributed by atoms with Gasteiger partial charge in [-0.05, 0) is 39.7 Å². The maximum absolute atomic E-state index is 12.8. The van der Waals surface area contributed by atoms with E-state index in [1.54, 1.807) is 13.0 Å². The van der Waals surface area contributed by atoms with Crippen LogP contribution in [0.4, 0.5) is 0 Å². The second kappa shape index (κ2) is 10.1. The number of ketones is 1. The van der Waals surface area contributed by atoms with Crippen LogP contribution in [0, 0.1) is 5.92 Å². The van der Waals surface area contributed by atoms with Gasteiger partial charge in [0.25, 0.3) is 0 Å². The summed E-state index contributed by atoms with van der Waals surface area (Å²) in [5.41, 5.74) is -1.93. The van der Waals surface area contributed by atoms with Gasteiger partial charge in [-0.2, -0.15) is 0 Å². The number of hydrogen-bond acceptors (Lipinski definition) is 10. The SMILES string of the molecule is C=C1C(=O)OC2C=C(C)CCC=C(C(=O)OC)C(OC(C)=O)C(OC(=O)C(C)(O)C(C)=O)C12. The summed E-state index contributed by atoms with van der Waals surface area (Å²) in [6.45, 7) is 8.55. The minimum absolute atomic E-state index is 0.0914. The first-order valence-corrected chi connectivity index (χ1v) is 10.3. The molecule has 0 aromatic carbocycles. The lowest BCUT2D eigenvalue weighted by atomic mass is 9.83. The van der Waals surface area contributed by atoms with Gasteiger partial charge in [-0.25, -0.2) is 14.4 Å². The molecular weight excluding hydrogens is 436 g/mol. The maximum Gasteiger partial charge on any atom is 0.346 e. The second-order valence-corrected chi connectivity index (χ2v) is 8.15. The molecule has 0 spiro atoms. The van der Waals surface area contributed by atoms with Crippen molar-refractivity contribution in [3.05, 3.63) is 35.5 Å². The van der Waals surface area contributed by atoms with Gasteiger partial charge < -0.3 is 24.1 Å². The van der Waals surface area contributed by atoms with Gasteiger partial charge in [-0.1, -0.05) is 18.2 Å². The van der Waals surface area contributed by atoms with Crippen LogP contribution in [0.3, 0.4) is 0 Å². The molecule has 1 saturated heterocycles. The van der Waals surface area contributed by atoms with Gasteiger partial charge in [0.15, 0.2) is 18.0 Å². The largest absolute Gasteiger partial charge is 0.466 e. The first kappa shape index (κ1) is 26.0. The lowest BCUT2D eigenvalue weighted by Gasteiger charge is -2.34. The molecule has 0 aromatic heterocycles. The molecule has 1 heterocycles. The van der Waals surface area contributed by atoms with Crippen LogP contribution in [0.5, 0.6) is 0 Å². The number of hydrogen-bond donors (Lipinski definition) is 1. The zero-order valence-electron chi connectivity index (χ0n) is 19.2. The summed E-state index contributed by atoms with van der Waals surface area (Å²) in [5, 5.41) is 10.3. The minimum atomic E-state index is -2.53.